The predicted molar refractivity (Wildman–Crippen MR) is 75.0 cm³/mol. The molecule has 0 saturated carbocycles. The Morgan fingerprint density at radius 1 is 1.30 bits per heavy atom. The van der Waals surface area contributed by atoms with Gasteiger partial charge in [0, 0.05) is 6.20 Å². The molecule has 1 aromatic heterocycles. The van der Waals surface area contributed by atoms with Crippen LogP contribution in [0, 0.1) is 0 Å². The van der Waals surface area contributed by atoms with Crippen molar-refractivity contribution in [1.82, 2.24) is 4.98 Å². The standard InChI is InChI=1S/C14H13N3O3/c18-14(19)10-20-12-6-4-11(5-7-12)9-16-17-13-3-1-2-8-15-13/h1-9H,10H2,(H,15,17)(H,18,19)/b16-9-. The van der Waals surface area contributed by atoms with Crippen molar-refractivity contribution in [3.8, 4) is 5.75 Å². The van der Waals surface area contributed by atoms with Crippen LogP contribution in [0.2, 0.25) is 0 Å². The van der Waals surface area contributed by atoms with Crippen LogP contribution in [0.1, 0.15) is 5.56 Å². The normalized spacial score (nSPS) is 10.4. The minimum atomic E-state index is -1.00. The molecule has 0 aliphatic carbocycles. The van der Waals surface area contributed by atoms with Gasteiger partial charge < -0.3 is 9.84 Å². The quantitative estimate of drug-likeness (QED) is 0.620. The van der Waals surface area contributed by atoms with Crippen molar-refractivity contribution in [3.63, 3.8) is 0 Å². The fourth-order valence-electron chi connectivity index (χ4n) is 1.40. The highest BCUT2D eigenvalue weighted by Gasteiger charge is 1.98. The van der Waals surface area contributed by atoms with Gasteiger partial charge in [-0.3, -0.25) is 5.43 Å². The molecule has 0 aliphatic rings. The highest BCUT2D eigenvalue weighted by atomic mass is 16.5. The number of aliphatic carboxylic acids is 1. The van der Waals surface area contributed by atoms with Gasteiger partial charge in [0.25, 0.3) is 0 Å². The van der Waals surface area contributed by atoms with Gasteiger partial charge in [-0.2, -0.15) is 5.10 Å². The van der Waals surface area contributed by atoms with Gasteiger partial charge in [-0.25, -0.2) is 9.78 Å². The molecule has 2 aromatic rings. The van der Waals surface area contributed by atoms with E-state index in [-0.39, 0.29) is 6.61 Å². The molecule has 0 unspecified atom stereocenters. The molecule has 0 radical (unpaired) electrons. The number of pyridine rings is 1. The number of hydrogen-bond donors (Lipinski definition) is 2. The van der Waals surface area contributed by atoms with Crippen molar-refractivity contribution in [2.24, 2.45) is 5.10 Å². The molecule has 20 heavy (non-hydrogen) atoms. The minimum absolute atomic E-state index is 0.353. The topological polar surface area (TPSA) is 83.8 Å². The number of carboxylic acid groups (broad SMARTS) is 1. The Balaban J connectivity index is 1.88. The van der Waals surface area contributed by atoms with Crippen LogP contribution in [0.3, 0.4) is 0 Å². The van der Waals surface area contributed by atoms with Crippen LogP contribution in [0.15, 0.2) is 53.8 Å². The molecular formula is C14H13N3O3. The number of hydrazone groups is 1. The van der Waals surface area contributed by atoms with Crippen LogP contribution < -0.4 is 10.2 Å². The first-order chi connectivity index (χ1) is 9.74. The molecule has 0 atom stereocenters. The van der Waals surface area contributed by atoms with E-state index < -0.39 is 5.97 Å². The molecule has 1 aromatic carbocycles. The van der Waals surface area contributed by atoms with Crippen LogP contribution in [0.5, 0.6) is 5.75 Å². The Kier molecular flexibility index (Phi) is 4.66. The number of nitrogens with zero attached hydrogens (tertiary/aromatic N) is 2. The lowest BCUT2D eigenvalue weighted by Crippen LogP contribution is -2.09. The lowest BCUT2D eigenvalue weighted by Gasteiger charge is -2.02. The van der Waals surface area contributed by atoms with Gasteiger partial charge in [0.15, 0.2) is 6.61 Å². The molecule has 0 amide bonds. The number of aromatic nitrogens is 1. The maximum atomic E-state index is 10.4. The van der Waals surface area contributed by atoms with E-state index in [0.717, 1.165) is 5.56 Å². The van der Waals surface area contributed by atoms with Gasteiger partial charge in [-0.1, -0.05) is 6.07 Å². The van der Waals surface area contributed by atoms with Gasteiger partial charge >= 0.3 is 5.97 Å². The molecule has 0 aliphatic heterocycles. The third kappa shape index (κ3) is 4.41. The number of carbonyl (C=O) groups is 1. The van der Waals surface area contributed by atoms with Crippen LogP contribution in [0.25, 0.3) is 0 Å². The summed E-state index contributed by atoms with van der Waals surface area (Å²) in [4.78, 5) is 14.4. The highest BCUT2D eigenvalue weighted by Crippen LogP contribution is 2.11. The Bertz CT molecular complexity index is 582. The maximum absolute atomic E-state index is 10.4. The second-order valence-electron chi connectivity index (χ2n) is 3.84. The number of benzene rings is 1. The van der Waals surface area contributed by atoms with E-state index in [2.05, 4.69) is 15.5 Å². The molecular weight excluding hydrogens is 258 g/mol. The van der Waals surface area contributed by atoms with Gasteiger partial charge in [-0.05, 0) is 42.0 Å². The summed E-state index contributed by atoms with van der Waals surface area (Å²) in [6.07, 6.45) is 3.31. The van der Waals surface area contributed by atoms with Crippen LogP contribution in [-0.4, -0.2) is 28.9 Å². The molecule has 1 heterocycles. The van der Waals surface area contributed by atoms with Crippen molar-refractivity contribution in [2.45, 2.75) is 0 Å². The molecule has 102 valence electrons. The van der Waals surface area contributed by atoms with E-state index in [9.17, 15) is 4.79 Å². The molecule has 0 saturated heterocycles. The van der Waals surface area contributed by atoms with Gasteiger partial charge in [0.1, 0.15) is 11.6 Å². The van der Waals surface area contributed by atoms with Gasteiger partial charge in [-0.15, -0.1) is 0 Å². The third-order valence-electron chi connectivity index (χ3n) is 2.30. The average Bonchev–Trinajstić information content (AvgIpc) is 2.47. The predicted octanol–water partition coefficient (Wildman–Crippen LogP) is 1.99. The van der Waals surface area contributed by atoms with E-state index in [1.807, 2.05) is 12.1 Å². The first-order valence-electron chi connectivity index (χ1n) is 5.89. The zero-order valence-electron chi connectivity index (χ0n) is 10.6. The zero-order chi connectivity index (χ0) is 14.2. The molecule has 6 nitrogen and oxygen atoms in total. The summed E-state index contributed by atoms with van der Waals surface area (Å²) < 4.78 is 5.03. The first-order valence-corrected chi connectivity index (χ1v) is 5.89. The van der Waals surface area contributed by atoms with E-state index in [0.29, 0.717) is 11.6 Å². The number of ether oxygens (including phenoxy) is 1. The average molecular weight is 271 g/mol. The van der Waals surface area contributed by atoms with E-state index in [1.54, 1.807) is 42.7 Å². The summed E-state index contributed by atoms with van der Waals surface area (Å²) in [6, 6.07) is 12.4. The van der Waals surface area contributed by atoms with Crippen LogP contribution in [-0.2, 0) is 4.79 Å². The SMILES string of the molecule is O=C(O)COc1ccc(/C=N\Nc2ccccn2)cc1. The number of nitrogens with one attached hydrogen (secondary N) is 1. The van der Waals surface area contributed by atoms with E-state index in [1.165, 1.54) is 0 Å². The lowest BCUT2D eigenvalue weighted by molar-refractivity contribution is -0.139. The van der Waals surface area contributed by atoms with Crippen molar-refractivity contribution in [1.29, 1.82) is 0 Å². The fraction of sp³-hybridized carbons (Fsp3) is 0.0714. The highest BCUT2D eigenvalue weighted by molar-refractivity contribution is 5.80. The number of anilines is 1. The van der Waals surface area contributed by atoms with Crippen molar-refractivity contribution in [2.75, 3.05) is 12.0 Å². The van der Waals surface area contributed by atoms with Crippen molar-refractivity contribution in [3.05, 3.63) is 54.2 Å². The molecule has 2 N–H and O–H groups in total. The zero-order valence-corrected chi connectivity index (χ0v) is 10.6. The molecule has 6 heteroatoms. The summed E-state index contributed by atoms with van der Waals surface area (Å²) >= 11 is 0. The number of hydrogen-bond acceptors (Lipinski definition) is 5. The molecule has 0 fully saturated rings. The summed E-state index contributed by atoms with van der Waals surface area (Å²) in [5.74, 6) is 0.155. The van der Waals surface area contributed by atoms with Crippen molar-refractivity contribution < 1.29 is 14.6 Å². The number of rotatable bonds is 6. The largest absolute Gasteiger partial charge is 0.482 e. The van der Waals surface area contributed by atoms with Crippen LogP contribution in [0.4, 0.5) is 5.82 Å². The summed E-state index contributed by atoms with van der Waals surface area (Å²) in [5, 5.41) is 12.5. The lowest BCUT2D eigenvalue weighted by atomic mass is 10.2. The maximum Gasteiger partial charge on any atom is 0.341 e. The monoisotopic (exact) mass is 271 g/mol. The summed E-state index contributed by atoms with van der Waals surface area (Å²) in [6.45, 7) is -0.353. The summed E-state index contributed by atoms with van der Waals surface area (Å²) in [5.41, 5.74) is 3.65. The molecule has 0 bridgehead atoms. The second-order valence-corrected chi connectivity index (χ2v) is 3.84. The Labute approximate surface area is 115 Å². The van der Waals surface area contributed by atoms with E-state index in [4.69, 9.17) is 9.84 Å². The number of carboxylic acids is 1. The second kappa shape index (κ2) is 6.89. The smallest absolute Gasteiger partial charge is 0.341 e. The third-order valence-corrected chi connectivity index (χ3v) is 2.30. The molecule has 0 spiro atoms. The molecule has 2 rings (SSSR count). The summed E-state index contributed by atoms with van der Waals surface area (Å²) in [7, 11) is 0. The van der Waals surface area contributed by atoms with E-state index >= 15 is 0 Å². The fourth-order valence-corrected chi connectivity index (χ4v) is 1.40. The minimum Gasteiger partial charge on any atom is -0.482 e. The first kappa shape index (κ1) is 13.5. The van der Waals surface area contributed by atoms with Crippen LogP contribution >= 0.6 is 0 Å². The Hall–Kier alpha value is -2.89. The Morgan fingerprint density at radius 3 is 2.75 bits per heavy atom. The van der Waals surface area contributed by atoms with Gasteiger partial charge in [0.05, 0.1) is 6.21 Å². The van der Waals surface area contributed by atoms with Gasteiger partial charge in [0.2, 0.25) is 0 Å². The van der Waals surface area contributed by atoms with Crippen molar-refractivity contribution >= 4 is 18.0 Å². The Morgan fingerprint density at radius 2 is 2.10 bits per heavy atom.